The molecule has 1 unspecified atom stereocenters. The van der Waals surface area contributed by atoms with Crippen LogP contribution in [0.4, 0.5) is 18.0 Å². The van der Waals surface area contributed by atoms with Crippen LogP contribution in [0.15, 0.2) is 53.3 Å². The lowest BCUT2D eigenvalue weighted by molar-refractivity contribution is -0.147. The molecule has 1 saturated heterocycles. The Bertz CT molecular complexity index is 1590. The van der Waals surface area contributed by atoms with Gasteiger partial charge in [0.05, 0.1) is 26.8 Å². The molecule has 9 nitrogen and oxygen atoms in total. The highest BCUT2D eigenvalue weighted by atomic mass is 32.1. The van der Waals surface area contributed by atoms with E-state index in [9.17, 15) is 22.8 Å². The molecule has 0 radical (unpaired) electrons. The van der Waals surface area contributed by atoms with Gasteiger partial charge in [-0.1, -0.05) is 41.7 Å². The maximum atomic E-state index is 14.1. The van der Waals surface area contributed by atoms with Crippen LogP contribution in [0.1, 0.15) is 40.8 Å². The maximum absolute atomic E-state index is 14.1. The van der Waals surface area contributed by atoms with Crippen LogP contribution in [0.2, 0.25) is 0 Å². The number of ether oxygens (including phenoxy) is 3. The molecule has 2 aromatic carbocycles. The van der Waals surface area contributed by atoms with Crippen molar-refractivity contribution in [2.24, 2.45) is 0 Å². The minimum absolute atomic E-state index is 0.0821. The standard InChI is InChI=1S/C27H25F3N4O5S/c1-37-18-11-10-17(20(13-18)38-2)14-34-24(35)21-23(32-25(34)27(28,29)30)40-22(31-21)19-9-6-12-33(19)26(36)39-15-16-7-4-3-5-8-16/h3-5,7-8,10-11,13,19H,6,9,12,14-15H2,1-2H3. The summed E-state index contributed by atoms with van der Waals surface area (Å²) in [6, 6.07) is 13.3. The van der Waals surface area contributed by atoms with Crippen LogP contribution in [-0.4, -0.2) is 46.3 Å². The van der Waals surface area contributed by atoms with Crippen molar-refractivity contribution in [3.8, 4) is 11.5 Å². The van der Waals surface area contributed by atoms with Crippen molar-refractivity contribution in [3.63, 3.8) is 0 Å². The molecule has 1 atom stereocenters. The average Bonchev–Trinajstić information content (AvgIpc) is 3.61. The van der Waals surface area contributed by atoms with Gasteiger partial charge in [0.1, 0.15) is 23.1 Å². The molecule has 0 bridgehead atoms. The Balaban J connectivity index is 1.48. The second kappa shape index (κ2) is 11.2. The van der Waals surface area contributed by atoms with Gasteiger partial charge in [-0.3, -0.25) is 14.3 Å². The fourth-order valence-electron chi connectivity index (χ4n) is 4.63. The number of alkyl halides is 3. The fraction of sp³-hybridized carbons (Fsp3) is 0.333. The highest BCUT2D eigenvalue weighted by molar-refractivity contribution is 7.18. The highest BCUT2D eigenvalue weighted by Gasteiger charge is 2.39. The number of methoxy groups -OCH3 is 2. The lowest BCUT2D eigenvalue weighted by atomic mass is 10.2. The Labute approximate surface area is 230 Å². The number of fused-ring (bicyclic) bond motifs is 1. The third-order valence-corrected chi connectivity index (χ3v) is 7.64. The van der Waals surface area contributed by atoms with Gasteiger partial charge in [-0.15, -0.1) is 0 Å². The summed E-state index contributed by atoms with van der Waals surface area (Å²) in [6.07, 6.45) is -4.27. The maximum Gasteiger partial charge on any atom is 0.449 e. The molecule has 4 aromatic rings. The van der Waals surface area contributed by atoms with Gasteiger partial charge in [0, 0.05) is 18.2 Å². The topological polar surface area (TPSA) is 95.8 Å². The molecular formula is C27H25F3N4O5S. The van der Waals surface area contributed by atoms with Crippen molar-refractivity contribution in [2.45, 2.75) is 38.2 Å². The lowest BCUT2D eigenvalue weighted by Gasteiger charge is -2.22. The van der Waals surface area contributed by atoms with Gasteiger partial charge in [-0.2, -0.15) is 13.2 Å². The molecule has 0 saturated carbocycles. The summed E-state index contributed by atoms with van der Waals surface area (Å²) < 4.78 is 58.8. The Morgan fingerprint density at radius 1 is 1.10 bits per heavy atom. The van der Waals surface area contributed by atoms with Gasteiger partial charge < -0.3 is 14.2 Å². The Morgan fingerprint density at radius 3 is 2.58 bits per heavy atom. The van der Waals surface area contributed by atoms with Gasteiger partial charge in [-0.25, -0.2) is 14.8 Å². The first-order valence-corrected chi connectivity index (χ1v) is 13.2. The number of hydrogen-bond donors (Lipinski definition) is 0. The number of rotatable bonds is 7. The van der Waals surface area contributed by atoms with Crippen molar-refractivity contribution in [1.82, 2.24) is 19.4 Å². The molecule has 1 amide bonds. The summed E-state index contributed by atoms with van der Waals surface area (Å²) in [5.74, 6) is -0.636. The van der Waals surface area contributed by atoms with E-state index in [0.717, 1.165) is 16.9 Å². The fourth-order valence-corrected chi connectivity index (χ4v) is 5.70. The molecule has 13 heteroatoms. The molecule has 0 spiro atoms. The molecule has 1 aliphatic rings. The zero-order valence-corrected chi connectivity index (χ0v) is 22.4. The molecule has 210 valence electrons. The van der Waals surface area contributed by atoms with E-state index in [-0.39, 0.29) is 22.7 Å². The van der Waals surface area contributed by atoms with Gasteiger partial charge in [-0.05, 0) is 30.5 Å². The average molecular weight is 575 g/mol. The Hall–Kier alpha value is -4.13. The Morgan fingerprint density at radius 2 is 1.88 bits per heavy atom. The zero-order chi connectivity index (χ0) is 28.4. The van der Waals surface area contributed by atoms with Crippen molar-refractivity contribution in [3.05, 3.63) is 80.8 Å². The third kappa shape index (κ3) is 5.46. The molecule has 5 rings (SSSR count). The molecule has 0 N–H and O–H groups in total. The first-order chi connectivity index (χ1) is 19.2. The summed E-state index contributed by atoms with van der Waals surface area (Å²) >= 11 is 0.876. The molecule has 1 aliphatic heterocycles. The number of likely N-dealkylation sites (tertiary alicyclic amines) is 1. The number of aromatic nitrogens is 3. The van der Waals surface area contributed by atoms with Crippen molar-refractivity contribution in [2.75, 3.05) is 20.8 Å². The van der Waals surface area contributed by atoms with Gasteiger partial charge in [0.15, 0.2) is 10.3 Å². The van der Waals surface area contributed by atoms with Gasteiger partial charge >= 0.3 is 12.3 Å². The number of carbonyl (C=O) groups excluding carboxylic acids is 1. The molecule has 40 heavy (non-hydrogen) atoms. The smallest absolute Gasteiger partial charge is 0.449 e. The van der Waals surface area contributed by atoms with E-state index in [1.807, 2.05) is 30.3 Å². The summed E-state index contributed by atoms with van der Waals surface area (Å²) in [7, 11) is 2.82. The predicted molar refractivity (Wildman–Crippen MR) is 141 cm³/mol. The number of amides is 1. The van der Waals surface area contributed by atoms with Gasteiger partial charge in [0.2, 0.25) is 5.82 Å². The van der Waals surface area contributed by atoms with Crippen molar-refractivity contribution in [1.29, 1.82) is 0 Å². The van der Waals surface area contributed by atoms with Crippen LogP contribution < -0.4 is 15.0 Å². The SMILES string of the molecule is COc1ccc(Cn2c(C(F)(F)F)nc3sc(C4CCCN4C(=O)OCc4ccccc4)nc3c2=O)c(OC)c1. The monoisotopic (exact) mass is 574 g/mol. The van der Waals surface area contributed by atoms with E-state index in [4.69, 9.17) is 14.2 Å². The first kappa shape index (κ1) is 27.4. The van der Waals surface area contributed by atoms with Crippen LogP contribution >= 0.6 is 11.3 Å². The molecular weight excluding hydrogens is 549 g/mol. The highest BCUT2D eigenvalue weighted by Crippen LogP contribution is 2.37. The molecule has 3 heterocycles. The van der Waals surface area contributed by atoms with Crippen LogP contribution in [0.3, 0.4) is 0 Å². The Kier molecular flexibility index (Phi) is 7.66. The van der Waals surface area contributed by atoms with Crippen molar-refractivity contribution >= 4 is 27.8 Å². The van der Waals surface area contributed by atoms with Crippen molar-refractivity contribution < 1.29 is 32.2 Å². The number of carbonyl (C=O) groups is 1. The summed E-state index contributed by atoms with van der Waals surface area (Å²) in [5, 5.41) is 0.335. The first-order valence-electron chi connectivity index (χ1n) is 12.4. The summed E-state index contributed by atoms with van der Waals surface area (Å²) in [5.41, 5.74) is 0.0269. The van der Waals surface area contributed by atoms with E-state index in [2.05, 4.69) is 9.97 Å². The lowest BCUT2D eigenvalue weighted by Crippen LogP contribution is -2.31. The number of thiazole rings is 1. The number of hydrogen-bond acceptors (Lipinski definition) is 8. The van der Waals surface area contributed by atoms with E-state index < -0.39 is 36.2 Å². The second-order valence-corrected chi connectivity index (χ2v) is 10.1. The van der Waals surface area contributed by atoms with E-state index in [1.54, 1.807) is 6.07 Å². The number of benzene rings is 2. The number of nitrogens with zero attached hydrogens (tertiary/aromatic N) is 4. The van der Waals surface area contributed by atoms with E-state index in [0.29, 0.717) is 40.3 Å². The van der Waals surface area contributed by atoms with Crippen LogP contribution in [0.5, 0.6) is 11.5 Å². The van der Waals surface area contributed by atoms with Crippen LogP contribution in [0.25, 0.3) is 10.3 Å². The summed E-state index contributed by atoms with van der Waals surface area (Å²) in [4.78, 5) is 35.9. The van der Waals surface area contributed by atoms with Gasteiger partial charge in [0.25, 0.3) is 5.56 Å². The second-order valence-electron chi connectivity index (χ2n) is 9.10. The number of halogens is 3. The summed E-state index contributed by atoms with van der Waals surface area (Å²) in [6.45, 7) is 0.0354. The van der Waals surface area contributed by atoms with Crippen LogP contribution in [-0.2, 0) is 24.1 Å². The predicted octanol–water partition coefficient (Wildman–Crippen LogP) is 5.41. The molecule has 1 fully saturated rings. The normalized spacial score (nSPS) is 15.4. The zero-order valence-electron chi connectivity index (χ0n) is 21.6. The minimum atomic E-state index is -4.90. The third-order valence-electron chi connectivity index (χ3n) is 6.59. The minimum Gasteiger partial charge on any atom is -0.497 e. The van der Waals surface area contributed by atoms with E-state index >= 15 is 0 Å². The molecule has 0 aliphatic carbocycles. The largest absolute Gasteiger partial charge is 0.497 e. The quantitative estimate of drug-likeness (QED) is 0.291. The molecule has 2 aromatic heterocycles. The van der Waals surface area contributed by atoms with Crippen LogP contribution in [0, 0.1) is 0 Å². The van der Waals surface area contributed by atoms with E-state index in [1.165, 1.54) is 31.3 Å².